The van der Waals surface area contributed by atoms with Crippen LogP contribution in [0.2, 0.25) is 0 Å². The standard InChI is InChI=1S/C25H26F2N7/c1-5-33-9-8-20-16(13-33)6-7-22(30-20)31-25-28-12-19(27)23(32-25)17-10-18(26)24-21(11-17)34(14(2)3)15(4)29-24/h6-7,10-12,14H,1,5,8-9,13H2,2-4H3,(H,28,30,31,32). The summed E-state index contributed by atoms with van der Waals surface area (Å²) in [6.45, 7) is 12.3. The summed E-state index contributed by atoms with van der Waals surface area (Å²) < 4.78 is 31.6. The van der Waals surface area contributed by atoms with E-state index in [2.05, 4.69) is 37.1 Å². The maximum Gasteiger partial charge on any atom is 0.229 e. The molecule has 1 N–H and O–H groups in total. The molecule has 0 fully saturated rings. The minimum atomic E-state index is -0.636. The van der Waals surface area contributed by atoms with E-state index in [1.165, 1.54) is 11.6 Å². The number of rotatable bonds is 5. The van der Waals surface area contributed by atoms with Crippen LogP contribution in [0.4, 0.5) is 20.5 Å². The summed E-state index contributed by atoms with van der Waals surface area (Å²) in [7, 11) is 0. The Morgan fingerprint density at radius 1 is 1.12 bits per heavy atom. The maximum absolute atomic E-state index is 14.9. The minimum absolute atomic E-state index is 0.0107. The topological polar surface area (TPSA) is 71.8 Å². The van der Waals surface area contributed by atoms with Crippen LogP contribution in [-0.2, 0) is 13.0 Å². The van der Waals surface area contributed by atoms with Crippen molar-refractivity contribution in [2.45, 2.75) is 39.8 Å². The predicted octanol–water partition coefficient (Wildman–Crippen LogP) is 4.99. The fraction of sp³-hybridized carbons (Fsp3) is 0.320. The Labute approximate surface area is 196 Å². The summed E-state index contributed by atoms with van der Waals surface area (Å²) in [6.07, 6.45) is 1.92. The Morgan fingerprint density at radius 3 is 2.71 bits per heavy atom. The average Bonchev–Trinajstić information content (AvgIpc) is 3.16. The first kappa shape index (κ1) is 22.3. The minimum Gasteiger partial charge on any atom is -0.326 e. The van der Waals surface area contributed by atoms with Gasteiger partial charge < -0.3 is 9.88 Å². The van der Waals surface area contributed by atoms with Crippen LogP contribution in [0.25, 0.3) is 22.3 Å². The molecular weight excluding hydrogens is 436 g/mol. The second-order valence-corrected chi connectivity index (χ2v) is 8.79. The monoisotopic (exact) mass is 462 g/mol. The van der Waals surface area contributed by atoms with Crippen molar-refractivity contribution in [1.82, 2.24) is 29.4 Å². The highest BCUT2D eigenvalue weighted by molar-refractivity contribution is 5.83. The lowest BCUT2D eigenvalue weighted by atomic mass is 10.1. The molecule has 1 aromatic carbocycles. The second kappa shape index (κ2) is 8.72. The molecule has 175 valence electrons. The van der Waals surface area contributed by atoms with Crippen LogP contribution in [-0.4, -0.2) is 42.5 Å². The van der Waals surface area contributed by atoms with E-state index in [-0.39, 0.29) is 23.2 Å². The van der Waals surface area contributed by atoms with E-state index in [0.717, 1.165) is 37.9 Å². The zero-order valence-corrected chi connectivity index (χ0v) is 19.4. The SMILES string of the molecule is [CH2]CN1CCc2nc(Nc3ncc(F)c(-c4cc(F)c5nc(C)n(C(C)C)c5c4)n3)ccc2C1. The first-order valence-electron chi connectivity index (χ1n) is 11.3. The number of anilines is 2. The van der Waals surface area contributed by atoms with Crippen LogP contribution in [0.15, 0.2) is 30.5 Å². The molecule has 0 spiro atoms. The van der Waals surface area contributed by atoms with Crippen molar-refractivity contribution in [1.29, 1.82) is 0 Å². The third-order valence-corrected chi connectivity index (χ3v) is 6.14. The highest BCUT2D eigenvalue weighted by Crippen LogP contribution is 2.30. The molecule has 0 saturated heterocycles. The zero-order chi connectivity index (χ0) is 24.0. The van der Waals surface area contributed by atoms with Crippen molar-refractivity contribution >= 4 is 22.8 Å². The molecule has 0 saturated carbocycles. The lowest BCUT2D eigenvalue weighted by Crippen LogP contribution is -2.30. The summed E-state index contributed by atoms with van der Waals surface area (Å²) in [6, 6.07) is 6.94. The summed E-state index contributed by atoms with van der Waals surface area (Å²) >= 11 is 0. The van der Waals surface area contributed by atoms with Gasteiger partial charge in [-0.3, -0.25) is 4.90 Å². The van der Waals surface area contributed by atoms with Gasteiger partial charge in [0.25, 0.3) is 0 Å². The Morgan fingerprint density at radius 2 is 1.94 bits per heavy atom. The van der Waals surface area contributed by atoms with Gasteiger partial charge in [-0.1, -0.05) is 6.07 Å². The number of pyridine rings is 1. The largest absolute Gasteiger partial charge is 0.326 e. The van der Waals surface area contributed by atoms with Gasteiger partial charge in [0.15, 0.2) is 11.6 Å². The van der Waals surface area contributed by atoms with Gasteiger partial charge in [0.1, 0.15) is 22.9 Å². The van der Waals surface area contributed by atoms with Crippen molar-refractivity contribution in [2.24, 2.45) is 0 Å². The fourth-order valence-electron chi connectivity index (χ4n) is 4.54. The molecule has 0 amide bonds. The number of fused-ring (bicyclic) bond motifs is 2. The Hall–Kier alpha value is -3.46. The van der Waals surface area contributed by atoms with E-state index in [1.807, 2.05) is 37.5 Å². The van der Waals surface area contributed by atoms with Crippen LogP contribution >= 0.6 is 0 Å². The van der Waals surface area contributed by atoms with E-state index in [0.29, 0.717) is 22.7 Å². The smallest absolute Gasteiger partial charge is 0.229 e. The lowest BCUT2D eigenvalue weighted by molar-refractivity contribution is 0.278. The first-order valence-corrected chi connectivity index (χ1v) is 11.3. The molecule has 7 nitrogen and oxygen atoms in total. The van der Waals surface area contributed by atoms with Gasteiger partial charge in [-0.2, -0.15) is 0 Å². The van der Waals surface area contributed by atoms with Crippen molar-refractivity contribution in [2.75, 3.05) is 18.4 Å². The third-order valence-electron chi connectivity index (χ3n) is 6.14. The van der Waals surface area contributed by atoms with Gasteiger partial charge in [-0.25, -0.2) is 28.7 Å². The van der Waals surface area contributed by atoms with Gasteiger partial charge in [-0.15, -0.1) is 0 Å². The summed E-state index contributed by atoms with van der Waals surface area (Å²) in [5.74, 6) is 0.310. The zero-order valence-electron chi connectivity index (χ0n) is 19.4. The number of halogens is 2. The van der Waals surface area contributed by atoms with E-state index < -0.39 is 11.6 Å². The molecule has 34 heavy (non-hydrogen) atoms. The van der Waals surface area contributed by atoms with Gasteiger partial charge in [0.05, 0.1) is 11.7 Å². The number of hydrogen-bond donors (Lipinski definition) is 1. The van der Waals surface area contributed by atoms with Crippen molar-refractivity contribution in [3.8, 4) is 11.3 Å². The molecule has 5 rings (SSSR count). The van der Waals surface area contributed by atoms with Crippen molar-refractivity contribution < 1.29 is 8.78 Å². The molecule has 0 atom stereocenters. The molecule has 3 aromatic heterocycles. The number of nitrogens with zero attached hydrogens (tertiary/aromatic N) is 6. The van der Waals surface area contributed by atoms with Crippen LogP contribution in [0, 0.1) is 25.5 Å². The van der Waals surface area contributed by atoms with E-state index >= 15 is 0 Å². The number of imidazole rings is 1. The van der Waals surface area contributed by atoms with Crippen molar-refractivity contribution in [3.05, 3.63) is 66.1 Å². The molecule has 0 bridgehead atoms. The highest BCUT2D eigenvalue weighted by Gasteiger charge is 2.19. The molecule has 1 aliphatic heterocycles. The fourth-order valence-corrected chi connectivity index (χ4v) is 4.54. The van der Waals surface area contributed by atoms with Crippen LogP contribution in [0.1, 0.15) is 37.0 Å². The van der Waals surface area contributed by atoms with Crippen LogP contribution < -0.4 is 5.32 Å². The van der Waals surface area contributed by atoms with E-state index in [9.17, 15) is 8.78 Å². The summed E-state index contributed by atoms with van der Waals surface area (Å²) in [5.41, 5.74) is 3.38. The van der Waals surface area contributed by atoms with Crippen LogP contribution in [0.5, 0.6) is 0 Å². The third kappa shape index (κ3) is 4.00. The molecule has 1 aliphatic rings. The molecule has 4 heterocycles. The summed E-state index contributed by atoms with van der Waals surface area (Å²) in [5, 5.41) is 3.06. The second-order valence-electron chi connectivity index (χ2n) is 8.79. The number of benzene rings is 1. The Bertz CT molecular complexity index is 1380. The molecular formula is C25H26F2N7. The maximum atomic E-state index is 14.9. The van der Waals surface area contributed by atoms with Crippen molar-refractivity contribution in [3.63, 3.8) is 0 Å². The molecule has 0 unspecified atom stereocenters. The highest BCUT2D eigenvalue weighted by atomic mass is 19.1. The van der Waals surface area contributed by atoms with E-state index in [1.54, 1.807) is 6.07 Å². The average molecular weight is 463 g/mol. The Kier molecular flexibility index (Phi) is 5.73. The molecule has 9 heteroatoms. The lowest BCUT2D eigenvalue weighted by Gasteiger charge is -2.26. The van der Waals surface area contributed by atoms with Gasteiger partial charge >= 0.3 is 0 Å². The van der Waals surface area contributed by atoms with Gasteiger partial charge in [0.2, 0.25) is 5.95 Å². The number of hydrogen-bond acceptors (Lipinski definition) is 6. The normalized spacial score (nSPS) is 14.1. The van der Waals surface area contributed by atoms with E-state index in [4.69, 9.17) is 0 Å². The van der Waals surface area contributed by atoms with Crippen LogP contribution in [0.3, 0.4) is 0 Å². The number of aromatic nitrogens is 5. The van der Waals surface area contributed by atoms with Gasteiger partial charge in [0, 0.05) is 36.8 Å². The van der Waals surface area contributed by atoms with Gasteiger partial charge in [-0.05, 0) is 58.0 Å². The molecule has 1 radical (unpaired) electrons. The molecule has 4 aromatic rings. The number of aryl methyl sites for hydroxylation is 1. The molecule has 0 aliphatic carbocycles. The Balaban J connectivity index is 1.49. The quantitative estimate of drug-likeness (QED) is 0.451. The number of nitrogens with one attached hydrogen (secondary N) is 1. The first-order chi connectivity index (χ1) is 16.3. The predicted molar refractivity (Wildman–Crippen MR) is 128 cm³/mol. The summed E-state index contributed by atoms with van der Waals surface area (Å²) in [4.78, 5) is 19.7.